The van der Waals surface area contributed by atoms with Crippen LogP contribution in [0.25, 0.3) is 0 Å². The van der Waals surface area contributed by atoms with Gasteiger partial charge in [0.1, 0.15) is 25.1 Å². The van der Waals surface area contributed by atoms with Crippen molar-refractivity contribution >= 4 is 5.91 Å². The smallest absolute Gasteiger partial charge is 0.294 e. The molecule has 0 fully saturated rings. The predicted molar refractivity (Wildman–Crippen MR) is 133 cm³/mol. The van der Waals surface area contributed by atoms with E-state index in [0.717, 1.165) is 5.56 Å². The summed E-state index contributed by atoms with van der Waals surface area (Å²) < 4.78 is 16.7. The average Bonchev–Trinajstić information content (AvgIpc) is 2.84. The summed E-state index contributed by atoms with van der Waals surface area (Å²) in [6, 6.07) is 13.6. The largest absolute Gasteiger partial charge is 0.491 e. The first-order valence-corrected chi connectivity index (χ1v) is 11.9. The number of aliphatic hydroxyl groups is 1. The van der Waals surface area contributed by atoms with Gasteiger partial charge in [-0.3, -0.25) is 4.79 Å². The number of carbonyl (C=O) groups excluding carboxylic acids is 1. The lowest BCUT2D eigenvalue weighted by molar-refractivity contribution is -0.763. The van der Waals surface area contributed by atoms with Gasteiger partial charge in [0.15, 0.2) is 0 Å². The monoisotopic (exact) mass is 504 g/mol. The molecule has 1 unspecified atom stereocenters. The van der Waals surface area contributed by atoms with E-state index in [-0.39, 0.29) is 37.8 Å². The molecule has 0 saturated carbocycles. The molecule has 0 aromatic heterocycles. The van der Waals surface area contributed by atoms with Gasteiger partial charge in [0.05, 0.1) is 32.5 Å². The highest BCUT2D eigenvalue weighted by molar-refractivity contribution is 5.94. The Kier molecular flexibility index (Phi) is 12.1. The maximum absolute atomic E-state index is 13.0. The van der Waals surface area contributed by atoms with Crippen LogP contribution in [-0.2, 0) is 27.5 Å². The van der Waals surface area contributed by atoms with Gasteiger partial charge < -0.3 is 29.1 Å². The average molecular weight is 505 g/mol. The molecule has 10 nitrogen and oxygen atoms in total. The minimum atomic E-state index is -0.895. The topological polar surface area (TPSA) is 121 Å². The highest BCUT2D eigenvalue weighted by atomic mass is 16.9. The van der Waals surface area contributed by atoms with Crippen LogP contribution in [0.4, 0.5) is 0 Å². The van der Waals surface area contributed by atoms with Gasteiger partial charge in [-0.2, -0.15) is 0 Å². The van der Waals surface area contributed by atoms with Gasteiger partial charge in [0, 0.05) is 11.6 Å². The molecule has 0 aliphatic rings. The number of hydrogen-bond donors (Lipinski definition) is 1. The number of carbonyl (C=O) groups is 1. The quantitative estimate of drug-likeness (QED) is 0.209. The second-order valence-corrected chi connectivity index (χ2v) is 8.83. The molecule has 0 aliphatic carbocycles. The molecule has 2 aromatic carbocycles. The molecule has 0 heterocycles. The maximum atomic E-state index is 13.0. The summed E-state index contributed by atoms with van der Waals surface area (Å²) in [5.41, 5.74) is 1.99. The third kappa shape index (κ3) is 10.6. The van der Waals surface area contributed by atoms with Crippen molar-refractivity contribution in [3.8, 4) is 5.75 Å². The molecular formula is C26H36N2O8. The van der Waals surface area contributed by atoms with Gasteiger partial charge >= 0.3 is 0 Å². The third-order valence-corrected chi connectivity index (χ3v) is 5.14. The van der Waals surface area contributed by atoms with E-state index in [1.807, 2.05) is 52.0 Å². The Balaban J connectivity index is 1.82. The number of nitrogens with zero attached hydrogens (tertiary/aromatic N) is 2. The van der Waals surface area contributed by atoms with Crippen LogP contribution < -0.4 is 4.74 Å². The highest BCUT2D eigenvalue weighted by Gasteiger charge is 2.22. The lowest BCUT2D eigenvalue weighted by Crippen LogP contribution is -2.43. The zero-order chi connectivity index (χ0) is 26.5. The van der Waals surface area contributed by atoms with E-state index in [9.17, 15) is 20.0 Å². The lowest BCUT2D eigenvalue weighted by atomic mass is 10.1. The number of aliphatic hydroxyl groups excluding tert-OH is 1. The number of amides is 1. The van der Waals surface area contributed by atoms with E-state index in [2.05, 4.69) is 4.84 Å². The fourth-order valence-electron chi connectivity index (χ4n) is 3.25. The second-order valence-electron chi connectivity index (χ2n) is 8.83. The first-order valence-electron chi connectivity index (χ1n) is 11.9. The van der Waals surface area contributed by atoms with Gasteiger partial charge in [0.25, 0.3) is 11.0 Å². The van der Waals surface area contributed by atoms with Crippen LogP contribution in [0.15, 0.2) is 48.5 Å². The highest BCUT2D eigenvalue weighted by Crippen LogP contribution is 2.15. The van der Waals surface area contributed by atoms with E-state index < -0.39 is 11.2 Å². The molecular weight excluding hydrogens is 468 g/mol. The van der Waals surface area contributed by atoms with E-state index >= 15 is 0 Å². The number of hydrogen-bond acceptors (Lipinski definition) is 8. The summed E-state index contributed by atoms with van der Waals surface area (Å²) in [7, 11) is 0. The first kappa shape index (κ1) is 29.0. The molecule has 1 atom stereocenters. The SMILES string of the molecule is CC(C)OCCOCc1ccc(OCC(O)CN(C(=O)c2ccc(CO[N+](=O)[O-])cc2)C(C)C)cc1. The minimum absolute atomic E-state index is 0.0239. The number of benzene rings is 2. The van der Waals surface area contributed by atoms with Crippen LogP contribution in [0.1, 0.15) is 49.2 Å². The van der Waals surface area contributed by atoms with Crippen molar-refractivity contribution in [2.24, 2.45) is 0 Å². The molecule has 0 saturated heterocycles. The van der Waals surface area contributed by atoms with Crippen molar-refractivity contribution in [1.82, 2.24) is 4.90 Å². The molecule has 10 heteroatoms. The van der Waals surface area contributed by atoms with Gasteiger partial charge in [-0.1, -0.05) is 24.3 Å². The van der Waals surface area contributed by atoms with Crippen LogP contribution >= 0.6 is 0 Å². The Morgan fingerprint density at radius 3 is 2.17 bits per heavy atom. The van der Waals surface area contributed by atoms with Gasteiger partial charge in [-0.05, 0) is 63.1 Å². The van der Waals surface area contributed by atoms with E-state index in [4.69, 9.17) is 14.2 Å². The molecule has 36 heavy (non-hydrogen) atoms. The van der Waals surface area contributed by atoms with Crippen molar-refractivity contribution in [2.45, 2.75) is 59.2 Å². The van der Waals surface area contributed by atoms with Crippen molar-refractivity contribution in [3.63, 3.8) is 0 Å². The van der Waals surface area contributed by atoms with E-state index in [1.165, 1.54) is 0 Å². The van der Waals surface area contributed by atoms with E-state index in [1.54, 1.807) is 29.2 Å². The summed E-state index contributed by atoms with van der Waals surface area (Å²) in [4.78, 5) is 29.2. The minimum Gasteiger partial charge on any atom is -0.491 e. The molecule has 2 aromatic rings. The Morgan fingerprint density at radius 2 is 1.58 bits per heavy atom. The molecule has 1 amide bonds. The van der Waals surface area contributed by atoms with Crippen molar-refractivity contribution < 1.29 is 34.0 Å². The number of ether oxygens (including phenoxy) is 3. The molecule has 2 rings (SSSR count). The summed E-state index contributed by atoms with van der Waals surface area (Å²) in [5.74, 6) is 0.352. The standard InChI is InChI=1S/C26H36N2O8/c1-19(2)27(26(30)23-9-5-22(6-10-23)17-36-28(31)32)15-24(29)18-35-25-11-7-21(8-12-25)16-33-13-14-34-20(3)4/h5-12,19-20,24,29H,13-18H2,1-4H3. The van der Waals surface area contributed by atoms with Gasteiger partial charge in [0.2, 0.25) is 0 Å². The van der Waals surface area contributed by atoms with Crippen molar-refractivity contribution in [2.75, 3.05) is 26.4 Å². The normalized spacial score (nSPS) is 12.0. The zero-order valence-electron chi connectivity index (χ0n) is 21.3. The number of rotatable bonds is 16. The van der Waals surface area contributed by atoms with Crippen molar-refractivity contribution in [1.29, 1.82) is 0 Å². The Hall–Kier alpha value is -3.21. The molecule has 1 N–H and O–H groups in total. The Morgan fingerprint density at radius 1 is 0.972 bits per heavy atom. The maximum Gasteiger partial charge on any atom is 0.294 e. The van der Waals surface area contributed by atoms with Gasteiger partial charge in [-0.15, -0.1) is 10.1 Å². The second kappa shape index (κ2) is 15.0. The molecule has 198 valence electrons. The fraction of sp³-hybridized carbons (Fsp3) is 0.500. The summed E-state index contributed by atoms with van der Waals surface area (Å²) >= 11 is 0. The molecule has 0 spiro atoms. The predicted octanol–water partition coefficient (Wildman–Crippen LogP) is 3.63. The van der Waals surface area contributed by atoms with Crippen LogP contribution in [0, 0.1) is 10.1 Å². The third-order valence-electron chi connectivity index (χ3n) is 5.14. The lowest BCUT2D eigenvalue weighted by Gasteiger charge is -2.29. The molecule has 0 bridgehead atoms. The zero-order valence-corrected chi connectivity index (χ0v) is 21.3. The van der Waals surface area contributed by atoms with Crippen LogP contribution in [0.5, 0.6) is 5.75 Å². The van der Waals surface area contributed by atoms with Gasteiger partial charge in [-0.25, -0.2) is 0 Å². The summed E-state index contributed by atoms with van der Waals surface area (Å²) in [5, 5.41) is 20.0. The Bertz CT molecular complexity index is 932. The van der Waals surface area contributed by atoms with E-state index in [0.29, 0.717) is 36.7 Å². The summed E-state index contributed by atoms with van der Waals surface area (Å²) in [6.07, 6.45) is -0.712. The first-order chi connectivity index (χ1) is 17.2. The van der Waals surface area contributed by atoms with Crippen molar-refractivity contribution in [3.05, 3.63) is 75.3 Å². The summed E-state index contributed by atoms with van der Waals surface area (Å²) in [6.45, 7) is 9.16. The molecule has 0 radical (unpaired) electrons. The molecule has 0 aliphatic heterocycles. The Labute approximate surface area is 211 Å². The van der Waals surface area contributed by atoms with Crippen LogP contribution in [-0.4, -0.2) is 65.6 Å². The fourth-order valence-corrected chi connectivity index (χ4v) is 3.25. The van der Waals surface area contributed by atoms with Crippen LogP contribution in [0.2, 0.25) is 0 Å². The van der Waals surface area contributed by atoms with Crippen LogP contribution in [0.3, 0.4) is 0 Å².